The zero-order valence-electron chi connectivity index (χ0n) is 8.07. The number of fused-ring (bicyclic) bond motifs is 1. The van der Waals surface area contributed by atoms with Crippen LogP contribution in [0.1, 0.15) is 12.8 Å². The number of hydrogen-bond donors (Lipinski definition) is 0. The third-order valence-corrected chi connectivity index (χ3v) is 3.21. The van der Waals surface area contributed by atoms with Crippen LogP contribution >= 0.6 is 15.9 Å². The fourth-order valence-corrected chi connectivity index (χ4v) is 2.23. The summed E-state index contributed by atoms with van der Waals surface area (Å²) in [7, 11) is 0. The summed E-state index contributed by atoms with van der Waals surface area (Å²) >= 11 is 3.41. The molecule has 3 rings (SSSR count). The van der Waals surface area contributed by atoms with Gasteiger partial charge in [0.15, 0.2) is 6.61 Å². The van der Waals surface area contributed by atoms with Gasteiger partial charge in [0.25, 0.3) is 5.91 Å². The zero-order chi connectivity index (χ0) is 10.4. The third kappa shape index (κ3) is 1.53. The summed E-state index contributed by atoms with van der Waals surface area (Å²) in [5.41, 5.74) is 0.906. The van der Waals surface area contributed by atoms with E-state index in [0.29, 0.717) is 6.04 Å². The summed E-state index contributed by atoms with van der Waals surface area (Å²) in [5.74, 6) is 0.882. The van der Waals surface area contributed by atoms with E-state index in [1.54, 1.807) is 0 Å². The molecule has 2 aliphatic rings. The Bertz CT molecular complexity index is 429. The summed E-state index contributed by atoms with van der Waals surface area (Å²) in [6.07, 6.45) is 2.22. The minimum atomic E-state index is 0.0723. The second-order valence-corrected chi connectivity index (χ2v) is 4.81. The van der Waals surface area contributed by atoms with E-state index in [1.165, 1.54) is 0 Å². The Morgan fingerprint density at radius 3 is 2.93 bits per heavy atom. The van der Waals surface area contributed by atoms with Crippen molar-refractivity contribution in [1.82, 2.24) is 0 Å². The first-order valence-electron chi connectivity index (χ1n) is 5.00. The van der Waals surface area contributed by atoms with E-state index in [1.807, 2.05) is 23.1 Å². The van der Waals surface area contributed by atoms with Crippen LogP contribution in [0.5, 0.6) is 5.75 Å². The molecule has 78 valence electrons. The average molecular weight is 268 g/mol. The highest BCUT2D eigenvalue weighted by molar-refractivity contribution is 9.10. The maximum Gasteiger partial charge on any atom is 0.265 e. The minimum absolute atomic E-state index is 0.0723. The Kier molecular flexibility index (Phi) is 1.99. The Morgan fingerprint density at radius 2 is 2.20 bits per heavy atom. The number of carbonyl (C=O) groups is 1. The van der Waals surface area contributed by atoms with Gasteiger partial charge in [-0.25, -0.2) is 0 Å². The summed E-state index contributed by atoms with van der Waals surface area (Å²) in [5, 5.41) is 0. The van der Waals surface area contributed by atoms with Gasteiger partial charge < -0.3 is 9.64 Å². The molecular formula is C11H10BrNO2. The number of rotatable bonds is 1. The van der Waals surface area contributed by atoms with E-state index >= 15 is 0 Å². The van der Waals surface area contributed by atoms with Crippen LogP contribution < -0.4 is 9.64 Å². The van der Waals surface area contributed by atoms with Crippen molar-refractivity contribution < 1.29 is 9.53 Å². The molecule has 3 nitrogen and oxygen atoms in total. The minimum Gasteiger partial charge on any atom is -0.482 e. The second kappa shape index (κ2) is 3.23. The molecule has 0 unspecified atom stereocenters. The topological polar surface area (TPSA) is 29.5 Å². The van der Waals surface area contributed by atoms with Gasteiger partial charge in [-0.15, -0.1) is 0 Å². The Hall–Kier alpha value is -1.03. The number of benzene rings is 1. The predicted molar refractivity (Wildman–Crippen MR) is 60.1 cm³/mol. The molecule has 0 saturated heterocycles. The van der Waals surface area contributed by atoms with E-state index in [0.717, 1.165) is 28.8 Å². The lowest BCUT2D eigenvalue weighted by Gasteiger charge is -2.29. The molecule has 1 aromatic rings. The van der Waals surface area contributed by atoms with Gasteiger partial charge in [-0.2, -0.15) is 0 Å². The van der Waals surface area contributed by atoms with E-state index in [9.17, 15) is 4.79 Å². The Morgan fingerprint density at radius 1 is 1.40 bits per heavy atom. The lowest BCUT2D eigenvalue weighted by Crippen LogP contribution is -2.40. The van der Waals surface area contributed by atoms with Crippen molar-refractivity contribution in [1.29, 1.82) is 0 Å². The normalized spacial score (nSPS) is 19.8. The van der Waals surface area contributed by atoms with Gasteiger partial charge in [0.05, 0.1) is 5.69 Å². The SMILES string of the molecule is O=C1COc2ccc(Br)cc2N1C1CC1. The van der Waals surface area contributed by atoms with Gasteiger partial charge in [-0.3, -0.25) is 4.79 Å². The maximum absolute atomic E-state index is 11.7. The summed E-state index contributed by atoms with van der Waals surface area (Å²) < 4.78 is 6.36. The van der Waals surface area contributed by atoms with Gasteiger partial charge >= 0.3 is 0 Å². The van der Waals surface area contributed by atoms with E-state index in [2.05, 4.69) is 15.9 Å². The van der Waals surface area contributed by atoms with E-state index in [4.69, 9.17) is 4.74 Å². The first kappa shape index (κ1) is 9.21. The van der Waals surface area contributed by atoms with E-state index in [-0.39, 0.29) is 12.5 Å². The quantitative estimate of drug-likeness (QED) is 0.782. The van der Waals surface area contributed by atoms with Crippen molar-refractivity contribution in [3.05, 3.63) is 22.7 Å². The second-order valence-electron chi connectivity index (χ2n) is 3.90. The highest BCUT2D eigenvalue weighted by atomic mass is 79.9. The highest BCUT2D eigenvalue weighted by Crippen LogP contribution is 2.40. The molecule has 1 heterocycles. The molecule has 0 aromatic heterocycles. The molecule has 0 spiro atoms. The average Bonchev–Trinajstić information content (AvgIpc) is 3.01. The molecule has 1 saturated carbocycles. The van der Waals surface area contributed by atoms with Crippen molar-refractivity contribution in [2.24, 2.45) is 0 Å². The largest absolute Gasteiger partial charge is 0.482 e. The first-order chi connectivity index (χ1) is 7.25. The molecule has 1 amide bonds. The van der Waals surface area contributed by atoms with Crippen LogP contribution in [-0.2, 0) is 4.79 Å². The van der Waals surface area contributed by atoms with Gasteiger partial charge in [0.1, 0.15) is 5.75 Å². The van der Waals surface area contributed by atoms with Crippen LogP contribution in [0.25, 0.3) is 0 Å². The molecule has 0 atom stereocenters. The lowest BCUT2D eigenvalue weighted by atomic mass is 10.2. The maximum atomic E-state index is 11.7. The molecule has 1 aliphatic heterocycles. The third-order valence-electron chi connectivity index (χ3n) is 2.71. The van der Waals surface area contributed by atoms with Gasteiger partial charge in [0, 0.05) is 10.5 Å². The molecular weight excluding hydrogens is 258 g/mol. The van der Waals surface area contributed by atoms with Gasteiger partial charge in [-0.1, -0.05) is 15.9 Å². The zero-order valence-corrected chi connectivity index (χ0v) is 9.66. The number of anilines is 1. The van der Waals surface area contributed by atoms with Crippen LogP contribution in [0.3, 0.4) is 0 Å². The number of amides is 1. The first-order valence-corrected chi connectivity index (χ1v) is 5.79. The summed E-state index contributed by atoms with van der Waals surface area (Å²) in [6.45, 7) is 0.172. The van der Waals surface area contributed by atoms with Crippen LogP contribution in [0.4, 0.5) is 5.69 Å². The standard InChI is InChI=1S/C11H10BrNO2/c12-7-1-4-10-9(5-7)13(8-2-3-8)11(14)6-15-10/h1,4-5,8H,2-3,6H2. The lowest BCUT2D eigenvalue weighted by molar-refractivity contribution is -0.121. The molecule has 0 radical (unpaired) electrons. The molecule has 1 aliphatic carbocycles. The van der Waals surface area contributed by atoms with E-state index < -0.39 is 0 Å². The Balaban J connectivity index is 2.08. The molecule has 0 bridgehead atoms. The summed E-state index contributed by atoms with van der Waals surface area (Å²) in [6, 6.07) is 6.18. The van der Waals surface area contributed by atoms with Crippen molar-refractivity contribution in [2.45, 2.75) is 18.9 Å². The van der Waals surface area contributed by atoms with Crippen molar-refractivity contribution in [2.75, 3.05) is 11.5 Å². The van der Waals surface area contributed by atoms with Crippen molar-refractivity contribution in [3.63, 3.8) is 0 Å². The smallest absolute Gasteiger partial charge is 0.265 e. The molecule has 0 N–H and O–H groups in total. The summed E-state index contributed by atoms with van der Waals surface area (Å²) in [4.78, 5) is 13.6. The van der Waals surface area contributed by atoms with Crippen molar-refractivity contribution in [3.8, 4) is 5.75 Å². The van der Waals surface area contributed by atoms with Gasteiger partial charge in [0.2, 0.25) is 0 Å². The fourth-order valence-electron chi connectivity index (χ4n) is 1.88. The number of halogens is 1. The predicted octanol–water partition coefficient (Wildman–Crippen LogP) is 2.34. The van der Waals surface area contributed by atoms with Crippen LogP contribution in [-0.4, -0.2) is 18.6 Å². The van der Waals surface area contributed by atoms with Crippen molar-refractivity contribution >= 4 is 27.5 Å². The number of nitrogens with zero attached hydrogens (tertiary/aromatic N) is 1. The fraction of sp³-hybridized carbons (Fsp3) is 0.364. The highest BCUT2D eigenvalue weighted by Gasteiger charge is 2.37. The monoisotopic (exact) mass is 267 g/mol. The number of carbonyl (C=O) groups excluding carboxylic acids is 1. The molecule has 15 heavy (non-hydrogen) atoms. The van der Waals surface area contributed by atoms with Crippen LogP contribution in [0.2, 0.25) is 0 Å². The number of hydrogen-bond acceptors (Lipinski definition) is 2. The molecule has 1 fully saturated rings. The molecule has 4 heteroatoms. The molecule has 1 aromatic carbocycles. The van der Waals surface area contributed by atoms with Crippen LogP contribution in [0, 0.1) is 0 Å². The number of ether oxygens (including phenoxy) is 1. The Labute approximate surface area is 96.1 Å². The van der Waals surface area contributed by atoms with Crippen LogP contribution in [0.15, 0.2) is 22.7 Å². The van der Waals surface area contributed by atoms with Gasteiger partial charge in [-0.05, 0) is 31.0 Å².